The zero-order valence-corrected chi connectivity index (χ0v) is 18.9. The quantitative estimate of drug-likeness (QED) is 0.664. The summed E-state index contributed by atoms with van der Waals surface area (Å²) in [4.78, 5) is 7.19. The maximum Gasteiger partial charge on any atom is 0.120 e. The first-order valence-corrected chi connectivity index (χ1v) is 11.2. The van der Waals surface area contributed by atoms with Crippen molar-refractivity contribution >= 4 is 11.3 Å². The number of benzene rings is 1. The number of hydrogen-bond donors (Lipinski definition) is 2. The summed E-state index contributed by atoms with van der Waals surface area (Å²) in [5.41, 5.74) is 0.264. The predicted octanol–water partition coefficient (Wildman–Crippen LogP) is 2.95. The predicted molar refractivity (Wildman–Crippen MR) is 122 cm³/mol. The summed E-state index contributed by atoms with van der Waals surface area (Å²) < 4.78 is 5.35. The number of aliphatic hydroxyl groups is 2. The molecule has 0 aliphatic carbocycles. The lowest BCUT2D eigenvalue weighted by Gasteiger charge is -2.41. The molecular formula is C24H32N2O3S. The van der Waals surface area contributed by atoms with E-state index in [4.69, 9.17) is 4.74 Å². The Kier molecular flexibility index (Phi) is 7.93. The molecule has 0 unspecified atom stereocenters. The lowest BCUT2D eigenvalue weighted by molar-refractivity contribution is 0.0504. The third-order valence-corrected chi connectivity index (χ3v) is 6.19. The second kappa shape index (κ2) is 10.4. The molecule has 2 aromatic rings. The van der Waals surface area contributed by atoms with Gasteiger partial charge in [-0.05, 0) is 50.1 Å². The van der Waals surface area contributed by atoms with Crippen molar-refractivity contribution in [2.75, 3.05) is 33.4 Å². The molecule has 1 aliphatic rings. The van der Waals surface area contributed by atoms with Crippen LogP contribution in [-0.2, 0) is 13.1 Å². The average molecular weight is 429 g/mol. The van der Waals surface area contributed by atoms with Gasteiger partial charge in [0.1, 0.15) is 11.4 Å². The van der Waals surface area contributed by atoms with Crippen molar-refractivity contribution in [2.45, 2.75) is 45.0 Å². The maximum atomic E-state index is 9.78. The number of methoxy groups -OCH3 is 1. The molecule has 6 heteroatoms. The summed E-state index contributed by atoms with van der Waals surface area (Å²) >= 11 is 1.69. The Balaban J connectivity index is 1.60. The van der Waals surface area contributed by atoms with Crippen molar-refractivity contribution in [3.8, 4) is 17.6 Å². The van der Waals surface area contributed by atoms with Gasteiger partial charge in [0.15, 0.2) is 0 Å². The molecule has 1 atom stereocenters. The van der Waals surface area contributed by atoms with Crippen LogP contribution in [0.25, 0.3) is 0 Å². The Labute approximate surface area is 183 Å². The van der Waals surface area contributed by atoms with E-state index in [0.717, 1.165) is 49.8 Å². The van der Waals surface area contributed by atoms with E-state index < -0.39 is 5.60 Å². The fraction of sp³-hybridized carbons (Fsp3) is 0.500. The number of aliphatic hydroxyl groups excluding tert-OH is 1. The molecule has 162 valence electrons. The van der Waals surface area contributed by atoms with Crippen LogP contribution < -0.4 is 4.74 Å². The molecule has 1 aromatic carbocycles. The normalized spacial score (nSPS) is 18.1. The second-order valence-corrected chi connectivity index (χ2v) is 9.47. The van der Waals surface area contributed by atoms with E-state index in [-0.39, 0.29) is 6.61 Å². The number of ether oxygens (including phenoxy) is 1. The number of piperazine rings is 1. The van der Waals surface area contributed by atoms with Gasteiger partial charge in [-0.3, -0.25) is 9.80 Å². The summed E-state index contributed by atoms with van der Waals surface area (Å²) in [6.45, 7) is 8.25. The van der Waals surface area contributed by atoms with Crippen molar-refractivity contribution < 1.29 is 14.9 Å². The zero-order chi connectivity index (χ0) is 21.6. The lowest BCUT2D eigenvalue weighted by Crippen LogP contribution is -2.52. The minimum absolute atomic E-state index is 0.197. The maximum absolute atomic E-state index is 9.78. The first-order chi connectivity index (χ1) is 14.4. The molecule has 1 saturated heterocycles. The first kappa shape index (κ1) is 22.8. The lowest BCUT2D eigenvalue weighted by atomic mass is 10.1. The highest BCUT2D eigenvalue weighted by molar-refractivity contribution is 7.12. The Morgan fingerprint density at radius 3 is 2.77 bits per heavy atom. The van der Waals surface area contributed by atoms with Crippen LogP contribution in [0.4, 0.5) is 0 Å². The van der Waals surface area contributed by atoms with Crippen LogP contribution in [0.5, 0.6) is 5.75 Å². The van der Waals surface area contributed by atoms with E-state index in [1.807, 2.05) is 18.2 Å². The van der Waals surface area contributed by atoms with Gasteiger partial charge >= 0.3 is 0 Å². The van der Waals surface area contributed by atoms with Crippen LogP contribution in [0, 0.1) is 11.8 Å². The highest BCUT2D eigenvalue weighted by Crippen LogP contribution is 2.23. The molecule has 0 bridgehead atoms. The topological polar surface area (TPSA) is 56.2 Å². The molecule has 0 spiro atoms. The van der Waals surface area contributed by atoms with Crippen LogP contribution >= 0.6 is 11.3 Å². The standard InChI is InChI=1S/C24H32N2O3S/c1-24(2,28)11-9-22-7-8-23(30-22)18-25-12-13-26(20(17-25)10-14-27)16-19-5-4-6-21(15-19)29-3/h4-8,15,20,27-28H,10,12-14,16-18H2,1-3H3/t20-/m0/s1. The summed E-state index contributed by atoms with van der Waals surface area (Å²) in [6.07, 6.45) is 0.771. The molecule has 1 aromatic heterocycles. The minimum atomic E-state index is -0.971. The van der Waals surface area contributed by atoms with Gasteiger partial charge in [-0.25, -0.2) is 0 Å². The number of hydrogen-bond acceptors (Lipinski definition) is 6. The van der Waals surface area contributed by atoms with Gasteiger partial charge in [0, 0.05) is 50.2 Å². The molecule has 30 heavy (non-hydrogen) atoms. The molecule has 1 fully saturated rings. The van der Waals surface area contributed by atoms with Gasteiger partial charge in [0.2, 0.25) is 0 Å². The highest BCUT2D eigenvalue weighted by Gasteiger charge is 2.27. The van der Waals surface area contributed by atoms with E-state index >= 15 is 0 Å². The molecule has 0 radical (unpaired) electrons. The average Bonchev–Trinajstić information content (AvgIpc) is 3.16. The molecule has 2 N–H and O–H groups in total. The third kappa shape index (κ3) is 6.83. The molecule has 5 nitrogen and oxygen atoms in total. The fourth-order valence-electron chi connectivity index (χ4n) is 3.70. The Morgan fingerprint density at radius 2 is 2.03 bits per heavy atom. The van der Waals surface area contributed by atoms with Gasteiger partial charge in [-0.15, -0.1) is 11.3 Å². The van der Waals surface area contributed by atoms with Crippen molar-refractivity contribution in [1.82, 2.24) is 9.80 Å². The van der Waals surface area contributed by atoms with Crippen LogP contribution in [0.3, 0.4) is 0 Å². The summed E-state index contributed by atoms with van der Waals surface area (Å²) in [5, 5.41) is 19.4. The van der Waals surface area contributed by atoms with Gasteiger partial charge in [0.25, 0.3) is 0 Å². The zero-order valence-electron chi connectivity index (χ0n) is 18.1. The van der Waals surface area contributed by atoms with E-state index in [9.17, 15) is 10.2 Å². The molecule has 3 rings (SSSR count). The van der Waals surface area contributed by atoms with E-state index in [1.165, 1.54) is 10.4 Å². The van der Waals surface area contributed by atoms with Gasteiger partial charge in [-0.2, -0.15) is 0 Å². The van der Waals surface area contributed by atoms with E-state index in [0.29, 0.717) is 6.04 Å². The van der Waals surface area contributed by atoms with Crippen molar-refractivity contribution in [2.24, 2.45) is 0 Å². The van der Waals surface area contributed by atoms with Crippen LogP contribution in [0.2, 0.25) is 0 Å². The van der Waals surface area contributed by atoms with E-state index in [2.05, 4.69) is 39.8 Å². The van der Waals surface area contributed by atoms with Gasteiger partial charge < -0.3 is 14.9 Å². The summed E-state index contributed by atoms with van der Waals surface area (Å²) in [5.74, 6) is 6.82. The molecule has 0 amide bonds. The largest absolute Gasteiger partial charge is 0.497 e. The fourth-order valence-corrected chi connectivity index (χ4v) is 4.61. The van der Waals surface area contributed by atoms with Gasteiger partial charge in [0.05, 0.1) is 12.0 Å². The number of thiophene rings is 1. The summed E-state index contributed by atoms with van der Waals surface area (Å²) in [7, 11) is 1.69. The minimum Gasteiger partial charge on any atom is -0.497 e. The Morgan fingerprint density at radius 1 is 1.20 bits per heavy atom. The number of rotatable bonds is 7. The SMILES string of the molecule is COc1cccc(CN2CCN(Cc3ccc(C#CC(C)(C)O)s3)C[C@@H]2CCO)c1. The summed E-state index contributed by atoms with van der Waals surface area (Å²) in [6, 6.07) is 12.7. The molecule has 1 aliphatic heterocycles. The van der Waals surface area contributed by atoms with Crippen molar-refractivity contribution in [3.05, 3.63) is 51.7 Å². The number of nitrogens with zero attached hydrogens (tertiary/aromatic N) is 2. The third-order valence-electron chi connectivity index (χ3n) is 5.20. The Bertz CT molecular complexity index is 878. The highest BCUT2D eigenvalue weighted by atomic mass is 32.1. The van der Waals surface area contributed by atoms with Crippen LogP contribution in [0.1, 0.15) is 35.6 Å². The van der Waals surface area contributed by atoms with Crippen LogP contribution in [0.15, 0.2) is 36.4 Å². The molecule has 0 saturated carbocycles. The van der Waals surface area contributed by atoms with Crippen molar-refractivity contribution in [3.63, 3.8) is 0 Å². The van der Waals surface area contributed by atoms with Crippen LogP contribution in [-0.4, -0.2) is 65.0 Å². The first-order valence-electron chi connectivity index (χ1n) is 10.4. The Hall–Kier alpha value is -1.88. The molecular weight excluding hydrogens is 396 g/mol. The van der Waals surface area contributed by atoms with E-state index in [1.54, 1.807) is 32.3 Å². The smallest absolute Gasteiger partial charge is 0.120 e. The van der Waals surface area contributed by atoms with Gasteiger partial charge in [-0.1, -0.05) is 24.0 Å². The van der Waals surface area contributed by atoms with Crippen molar-refractivity contribution in [1.29, 1.82) is 0 Å². The second-order valence-electron chi connectivity index (χ2n) is 8.30. The molecule has 2 heterocycles. The monoisotopic (exact) mass is 428 g/mol.